The monoisotopic (exact) mass is 370 g/mol. The van der Waals surface area contributed by atoms with Crippen molar-refractivity contribution >= 4 is 11.7 Å². The van der Waals surface area contributed by atoms with Gasteiger partial charge in [0.2, 0.25) is 5.88 Å². The third kappa shape index (κ3) is 4.87. The largest absolute Gasteiger partial charge is 0.484 e. The van der Waals surface area contributed by atoms with E-state index in [9.17, 15) is 4.79 Å². The summed E-state index contributed by atoms with van der Waals surface area (Å²) in [7, 11) is 1.56. The molecule has 1 aromatic carbocycles. The van der Waals surface area contributed by atoms with Crippen molar-refractivity contribution in [3.63, 3.8) is 0 Å². The fraction of sp³-hybridized carbons (Fsp3) is 0.450. The predicted octanol–water partition coefficient (Wildman–Crippen LogP) is 2.34. The highest BCUT2D eigenvalue weighted by Crippen LogP contribution is 2.19. The molecular formula is C20H26N4O3. The van der Waals surface area contributed by atoms with Gasteiger partial charge in [-0.05, 0) is 29.7 Å². The summed E-state index contributed by atoms with van der Waals surface area (Å²) in [6.45, 7) is 7.08. The van der Waals surface area contributed by atoms with Crippen LogP contribution < -0.4 is 14.4 Å². The second kappa shape index (κ2) is 8.70. The second-order valence-electron chi connectivity index (χ2n) is 6.81. The van der Waals surface area contributed by atoms with Crippen molar-refractivity contribution in [3.05, 3.63) is 42.0 Å². The molecule has 0 unspecified atom stereocenters. The first kappa shape index (κ1) is 18.9. The smallest absolute Gasteiger partial charge is 0.260 e. The zero-order valence-corrected chi connectivity index (χ0v) is 16.1. The third-order valence-corrected chi connectivity index (χ3v) is 4.70. The van der Waals surface area contributed by atoms with E-state index in [1.54, 1.807) is 13.2 Å². The minimum atomic E-state index is 0.00315. The maximum absolute atomic E-state index is 12.4. The van der Waals surface area contributed by atoms with Gasteiger partial charge in [0.15, 0.2) is 12.4 Å². The van der Waals surface area contributed by atoms with Crippen LogP contribution in [0.4, 0.5) is 5.82 Å². The molecule has 1 aromatic heterocycles. The molecule has 7 nitrogen and oxygen atoms in total. The summed E-state index contributed by atoms with van der Waals surface area (Å²) >= 11 is 0. The fourth-order valence-electron chi connectivity index (χ4n) is 2.96. The molecule has 1 aliphatic heterocycles. The first-order valence-corrected chi connectivity index (χ1v) is 9.20. The minimum Gasteiger partial charge on any atom is -0.484 e. The number of carbonyl (C=O) groups excluding carboxylic acids is 1. The number of methoxy groups -OCH3 is 1. The number of amides is 1. The van der Waals surface area contributed by atoms with Gasteiger partial charge in [-0.25, -0.2) is 0 Å². The van der Waals surface area contributed by atoms with Gasteiger partial charge >= 0.3 is 0 Å². The molecule has 0 saturated carbocycles. The Balaban J connectivity index is 1.46. The van der Waals surface area contributed by atoms with Crippen LogP contribution in [0.5, 0.6) is 11.6 Å². The van der Waals surface area contributed by atoms with Crippen molar-refractivity contribution in [3.8, 4) is 11.6 Å². The second-order valence-corrected chi connectivity index (χ2v) is 6.81. The number of benzene rings is 1. The van der Waals surface area contributed by atoms with Crippen LogP contribution in [0.1, 0.15) is 25.3 Å². The van der Waals surface area contributed by atoms with Crippen LogP contribution in [0.25, 0.3) is 0 Å². The van der Waals surface area contributed by atoms with Crippen molar-refractivity contribution in [2.75, 3.05) is 44.8 Å². The van der Waals surface area contributed by atoms with E-state index in [1.165, 1.54) is 5.56 Å². The Morgan fingerprint density at radius 3 is 2.30 bits per heavy atom. The van der Waals surface area contributed by atoms with Crippen LogP contribution in [0.2, 0.25) is 0 Å². The van der Waals surface area contributed by atoms with E-state index in [2.05, 4.69) is 28.9 Å². The van der Waals surface area contributed by atoms with Crippen LogP contribution in [0.3, 0.4) is 0 Å². The summed E-state index contributed by atoms with van der Waals surface area (Å²) < 4.78 is 10.7. The molecule has 1 fully saturated rings. The van der Waals surface area contributed by atoms with Crippen molar-refractivity contribution < 1.29 is 14.3 Å². The van der Waals surface area contributed by atoms with E-state index in [0.717, 1.165) is 24.7 Å². The van der Waals surface area contributed by atoms with E-state index in [0.29, 0.717) is 24.9 Å². The first-order valence-electron chi connectivity index (χ1n) is 9.20. The van der Waals surface area contributed by atoms with Crippen LogP contribution in [-0.2, 0) is 4.79 Å². The number of hydrogen-bond acceptors (Lipinski definition) is 6. The van der Waals surface area contributed by atoms with Gasteiger partial charge < -0.3 is 19.3 Å². The quantitative estimate of drug-likeness (QED) is 0.777. The fourth-order valence-corrected chi connectivity index (χ4v) is 2.96. The van der Waals surface area contributed by atoms with Gasteiger partial charge in [-0.1, -0.05) is 26.0 Å². The van der Waals surface area contributed by atoms with Crippen molar-refractivity contribution in [1.82, 2.24) is 15.1 Å². The predicted molar refractivity (Wildman–Crippen MR) is 103 cm³/mol. The SMILES string of the molecule is COc1ccc(N2CCN(C(=O)COc3ccc(C(C)C)cc3)CC2)nn1. The first-order chi connectivity index (χ1) is 13.1. The highest BCUT2D eigenvalue weighted by atomic mass is 16.5. The van der Waals surface area contributed by atoms with Gasteiger partial charge in [0, 0.05) is 32.2 Å². The Bertz CT molecular complexity index is 739. The van der Waals surface area contributed by atoms with E-state index in [-0.39, 0.29) is 12.5 Å². The molecule has 0 N–H and O–H groups in total. The van der Waals surface area contributed by atoms with Crippen LogP contribution in [0, 0.1) is 0 Å². The van der Waals surface area contributed by atoms with Crippen LogP contribution >= 0.6 is 0 Å². The summed E-state index contributed by atoms with van der Waals surface area (Å²) in [5.41, 5.74) is 1.26. The van der Waals surface area contributed by atoms with E-state index >= 15 is 0 Å². The summed E-state index contributed by atoms with van der Waals surface area (Å²) in [5.74, 6) is 2.49. The zero-order valence-electron chi connectivity index (χ0n) is 16.1. The van der Waals surface area contributed by atoms with E-state index < -0.39 is 0 Å². The molecule has 1 amide bonds. The van der Waals surface area contributed by atoms with Gasteiger partial charge in [0.05, 0.1) is 7.11 Å². The molecule has 0 atom stereocenters. The Morgan fingerprint density at radius 1 is 1.04 bits per heavy atom. The lowest BCUT2D eigenvalue weighted by molar-refractivity contribution is -0.133. The van der Waals surface area contributed by atoms with Crippen molar-refractivity contribution in [2.45, 2.75) is 19.8 Å². The van der Waals surface area contributed by atoms with Crippen molar-refractivity contribution in [1.29, 1.82) is 0 Å². The number of nitrogens with zero attached hydrogens (tertiary/aromatic N) is 4. The molecule has 0 spiro atoms. The summed E-state index contributed by atoms with van der Waals surface area (Å²) in [4.78, 5) is 16.4. The van der Waals surface area contributed by atoms with Gasteiger partial charge in [-0.15, -0.1) is 10.2 Å². The van der Waals surface area contributed by atoms with E-state index in [4.69, 9.17) is 9.47 Å². The molecule has 1 saturated heterocycles. The average molecular weight is 370 g/mol. The molecule has 27 heavy (non-hydrogen) atoms. The number of carbonyl (C=O) groups is 1. The number of rotatable bonds is 6. The molecule has 7 heteroatoms. The molecule has 0 radical (unpaired) electrons. The Kier molecular flexibility index (Phi) is 6.11. The molecule has 2 heterocycles. The Morgan fingerprint density at radius 2 is 1.74 bits per heavy atom. The molecule has 0 bridgehead atoms. The maximum atomic E-state index is 12.4. The third-order valence-electron chi connectivity index (χ3n) is 4.70. The van der Waals surface area contributed by atoms with Gasteiger partial charge in [0.25, 0.3) is 5.91 Å². The molecule has 3 rings (SSSR count). The summed E-state index contributed by atoms with van der Waals surface area (Å²) in [6.07, 6.45) is 0. The van der Waals surface area contributed by atoms with E-state index in [1.807, 2.05) is 35.2 Å². The normalized spacial score (nSPS) is 14.4. The number of anilines is 1. The minimum absolute atomic E-state index is 0.00315. The van der Waals surface area contributed by atoms with Crippen LogP contribution in [-0.4, -0.2) is 60.9 Å². The lowest BCUT2D eigenvalue weighted by Gasteiger charge is -2.35. The Hall–Kier alpha value is -2.83. The summed E-state index contributed by atoms with van der Waals surface area (Å²) in [6, 6.07) is 11.6. The van der Waals surface area contributed by atoms with Crippen LogP contribution in [0.15, 0.2) is 36.4 Å². The topological polar surface area (TPSA) is 67.8 Å². The standard InChI is InChI=1S/C20H26N4O3/c1-15(2)16-4-6-17(7-5-16)27-14-20(25)24-12-10-23(11-13-24)18-8-9-19(26-3)22-21-18/h4-9,15H,10-14H2,1-3H3. The van der Waals surface area contributed by atoms with Gasteiger partial charge in [-0.2, -0.15) is 0 Å². The molecule has 144 valence electrons. The highest BCUT2D eigenvalue weighted by Gasteiger charge is 2.22. The average Bonchev–Trinajstić information content (AvgIpc) is 2.72. The molecule has 2 aromatic rings. The van der Waals surface area contributed by atoms with Gasteiger partial charge in [0.1, 0.15) is 5.75 Å². The Labute approximate surface area is 159 Å². The lowest BCUT2D eigenvalue weighted by Crippen LogP contribution is -2.50. The number of aromatic nitrogens is 2. The number of piperazine rings is 1. The number of hydrogen-bond donors (Lipinski definition) is 0. The summed E-state index contributed by atoms with van der Waals surface area (Å²) in [5, 5.41) is 8.15. The van der Waals surface area contributed by atoms with Crippen molar-refractivity contribution in [2.24, 2.45) is 0 Å². The maximum Gasteiger partial charge on any atom is 0.260 e. The highest BCUT2D eigenvalue weighted by molar-refractivity contribution is 5.78. The molecular weight excluding hydrogens is 344 g/mol. The molecule has 1 aliphatic rings. The van der Waals surface area contributed by atoms with Gasteiger partial charge in [-0.3, -0.25) is 4.79 Å². The molecule has 0 aliphatic carbocycles. The lowest BCUT2D eigenvalue weighted by atomic mass is 10.0. The zero-order chi connectivity index (χ0) is 19.2. The number of ether oxygens (including phenoxy) is 2.